The van der Waals surface area contributed by atoms with Crippen LogP contribution < -0.4 is 0 Å². The van der Waals surface area contributed by atoms with E-state index in [9.17, 15) is 14.0 Å². The van der Waals surface area contributed by atoms with Crippen LogP contribution in [0.4, 0.5) is 4.39 Å². The van der Waals surface area contributed by atoms with Gasteiger partial charge in [-0.15, -0.1) is 0 Å². The van der Waals surface area contributed by atoms with Crippen LogP contribution in [0.3, 0.4) is 0 Å². The Morgan fingerprint density at radius 1 is 0.933 bits per heavy atom. The first kappa shape index (κ1) is 22.0. The molecule has 1 atom stereocenters. The zero-order chi connectivity index (χ0) is 21.5. The second-order valence-corrected chi connectivity index (χ2v) is 7.51. The van der Waals surface area contributed by atoms with Crippen molar-refractivity contribution in [3.05, 3.63) is 71.5 Å². The Balaban J connectivity index is 1.78. The van der Waals surface area contributed by atoms with Crippen LogP contribution in [0.15, 0.2) is 54.6 Å². The van der Waals surface area contributed by atoms with Gasteiger partial charge in [-0.1, -0.05) is 30.3 Å². The molecule has 3 rings (SSSR count). The first-order chi connectivity index (χ1) is 14.5. The molecule has 160 valence electrons. The van der Waals surface area contributed by atoms with Gasteiger partial charge in [0.05, 0.1) is 0 Å². The van der Waals surface area contributed by atoms with Crippen LogP contribution in [0.25, 0.3) is 0 Å². The molecule has 1 saturated heterocycles. The van der Waals surface area contributed by atoms with Crippen molar-refractivity contribution < 1.29 is 14.0 Å². The van der Waals surface area contributed by atoms with Gasteiger partial charge in [-0.2, -0.15) is 0 Å². The second kappa shape index (κ2) is 10.3. The molecule has 0 radical (unpaired) electrons. The van der Waals surface area contributed by atoms with Gasteiger partial charge < -0.3 is 9.80 Å². The lowest BCUT2D eigenvalue weighted by Gasteiger charge is -2.33. The first-order valence-corrected chi connectivity index (χ1v) is 10.7. The Hall–Kier alpha value is -2.73. The number of rotatable bonds is 6. The fraction of sp³-hybridized carbons (Fsp3) is 0.417. The zero-order valence-electron chi connectivity index (χ0n) is 17.8. The predicted octanol–water partition coefficient (Wildman–Crippen LogP) is 3.58. The molecular weight excluding hydrogens is 381 g/mol. The molecule has 0 aromatic heterocycles. The van der Waals surface area contributed by atoms with Gasteiger partial charge in [-0.25, -0.2) is 4.39 Å². The third-order valence-corrected chi connectivity index (χ3v) is 5.70. The van der Waals surface area contributed by atoms with E-state index >= 15 is 0 Å². The quantitative estimate of drug-likeness (QED) is 0.730. The molecule has 0 spiro atoms. The molecule has 1 aliphatic heterocycles. The van der Waals surface area contributed by atoms with Gasteiger partial charge in [-0.3, -0.25) is 14.5 Å². The molecule has 0 aliphatic carbocycles. The average molecular weight is 412 g/mol. The van der Waals surface area contributed by atoms with E-state index in [1.165, 1.54) is 24.3 Å². The summed E-state index contributed by atoms with van der Waals surface area (Å²) in [5, 5.41) is 0. The van der Waals surface area contributed by atoms with Crippen LogP contribution in [0.1, 0.15) is 42.2 Å². The normalized spacial score (nSPS) is 16.0. The highest BCUT2D eigenvalue weighted by molar-refractivity contribution is 5.94. The lowest BCUT2D eigenvalue weighted by atomic mass is 10.0. The van der Waals surface area contributed by atoms with Crippen molar-refractivity contribution in [1.29, 1.82) is 0 Å². The van der Waals surface area contributed by atoms with Crippen LogP contribution in [0, 0.1) is 5.82 Å². The Morgan fingerprint density at radius 2 is 1.60 bits per heavy atom. The number of carbonyl (C=O) groups is 2. The number of amides is 2. The summed E-state index contributed by atoms with van der Waals surface area (Å²) in [5.41, 5.74) is 1.47. The Labute approximate surface area is 178 Å². The van der Waals surface area contributed by atoms with Crippen molar-refractivity contribution in [3.63, 3.8) is 0 Å². The smallest absolute Gasteiger partial charge is 0.253 e. The van der Waals surface area contributed by atoms with Crippen LogP contribution in [-0.2, 0) is 4.79 Å². The molecule has 0 bridgehead atoms. The number of hydrogen-bond donors (Lipinski definition) is 0. The molecule has 1 unspecified atom stereocenters. The molecule has 30 heavy (non-hydrogen) atoms. The highest BCUT2D eigenvalue weighted by Gasteiger charge is 2.32. The van der Waals surface area contributed by atoms with Crippen LogP contribution >= 0.6 is 0 Å². The Kier molecular flexibility index (Phi) is 7.57. The summed E-state index contributed by atoms with van der Waals surface area (Å²) in [4.78, 5) is 32.1. The molecule has 5 nitrogen and oxygen atoms in total. The summed E-state index contributed by atoms with van der Waals surface area (Å²) >= 11 is 0. The van der Waals surface area contributed by atoms with Crippen molar-refractivity contribution in [2.75, 3.05) is 39.3 Å². The molecule has 1 aliphatic rings. The second-order valence-electron chi connectivity index (χ2n) is 7.51. The van der Waals surface area contributed by atoms with Crippen LogP contribution in [-0.4, -0.2) is 65.8 Å². The number of halogens is 1. The SMILES string of the molecule is CCN(CC)C(=O)C(c1ccccc1)N1CCCN(C(=O)c2ccc(F)cc2)CC1. The number of carbonyl (C=O) groups excluding carboxylic acids is 2. The predicted molar refractivity (Wildman–Crippen MR) is 116 cm³/mol. The fourth-order valence-corrected chi connectivity index (χ4v) is 4.03. The molecule has 2 amide bonds. The van der Waals surface area contributed by atoms with Crippen molar-refractivity contribution in [2.45, 2.75) is 26.3 Å². The third-order valence-electron chi connectivity index (χ3n) is 5.70. The summed E-state index contributed by atoms with van der Waals surface area (Å²) in [6.07, 6.45) is 0.780. The van der Waals surface area contributed by atoms with E-state index in [4.69, 9.17) is 0 Å². The minimum Gasteiger partial charge on any atom is -0.342 e. The van der Waals surface area contributed by atoms with E-state index in [2.05, 4.69) is 4.90 Å². The molecule has 2 aromatic rings. The number of nitrogens with zero attached hydrogens (tertiary/aromatic N) is 3. The van der Waals surface area contributed by atoms with Crippen molar-refractivity contribution >= 4 is 11.8 Å². The highest BCUT2D eigenvalue weighted by Crippen LogP contribution is 2.25. The molecule has 2 aromatic carbocycles. The fourth-order valence-electron chi connectivity index (χ4n) is 4.03. The molecular formula is C24H30FN3O2. The molecule has 6 heteroatoms. The maximum Gasteiger partial charge on any atom is 0.253 e. The first-order valence-electron chi connectivity index (χ1n) is 10.7. The maximum atomic E-state index is 13.4. The Morgan fingerprint density at radius 3 is 2.23 bits per heavy atom. The summed E-state index contributed by atoms with van der Waals surface area (Å²) < 4.78 is 13.2. The lowest BCUT2D eigenvalue weighted by molar-refractivity contribution is -0.137. The monoisotopic (exact) mass is 411 g/mol. The van der Waals surface area contributed by atoms with E-state index < -0.39 is 0 Å². The van der Waals surface area contributed by atoms with E-state index in [1.54, 1.807) is 4.90 Å². The number of hydrogen-bond acceptors (Lipinski definition) is 3. The summed E-state index contributed by atoms with van der Waals surface area (Å²) in [7, 11) is 0. The zero-order valence-corrected chi connectivity index (χ0v) is 17.8. The molecule has 0 saturated carbocycles. The van der Waals surface area contributed by atoms with Gasteiger partial charge in [0.2, 0.25) is 5.91 Å². The van der Waals surface area contributed by atoms with Crippen molar-refractivity contribution in [3.8, 4) is 0 Å². The third kappa shape index (κ3) is 5.05. The van der Waals surface area contributed by atoms with E-state index in [-0.39, 0.29) is 23.7 Å². The summed E-state index contributed by atoms with van der Waals surface area (Å²) in [5.74, 6) is -0.345. The van der Waals surface area contributed by atoms with Crippen LogP contribution in [0.5, 0.6) is 0 Å². The maximum absolute atomic E-state index is 13.4. The van der Waals surface area contributed by atoms with Crippen molar-refractivity contribution in [1.82, 2.24) is 14.7 Å². The standard InChI is InChI=1S/C24H30FN3O2/c1-3-26(4-2)24(30)22(19-9-6-5-7-10-19)27-15-8-16-28(18-17-27)23(29)20-11-13-21(25)14-12-20/h5-7,9-14,22H,3-4,8,15-18H2,1-2H3. The van der Waals surface area contributed by atoms with Crippen molar-refractivity contribution in [2.24, 2.45) is 0 Å². The number of likely N-dealkylation sites (N-methyl/N-ethyl adjacent to an activating group) is 1. The lowest BCUT2D eigenvalue weighted by Crippen LogP contribution is -2.44. The number of benzene rings is 2. The largest absolute Gasteiger partial charge is 0.342 e. The van der Waals surface area contributed by atoms with E-state index in [0.29, 0.717) is 38.3 Å². The minimum absolute atomic E-state index is 0.0943. The highest BCUT2D eigenvalue weighted by atomic mass is 19.1. The average Bonchev–Trinajstić information content (AvgIpc) is 3.02. The van der Waals surface area contributed by atoms with Gasteiger partial charge in [0.1, 0.15) is 11.9 Å². The molecule has 1 heterocycles. The molecule has 1 fully saturated rings. The van der Waals surface area contributed by atoms with Crippen LogP contribution in [0.2, 0.25) is 0 Å². The van der Waals surface area contributed by atoms with Gasteiger partial charge in [0, 0.05) is 44.8 Å². The molecule has 0 N–H and O–H groups in total. The van der Waals surface area contributed by atoms with Gasteiger partial charge >= 0.3 is 0 Å². The minimum atomic E-state index is -0.355. The van der Waals surface area contributed by atoms with E-state index in [1.807, 2.05) is 49.1 Å². The topological polar surface area (TPSA) is 43.9 Å². The van der Waals surface area contributed by atoms with E-state index in [0.717, 1.165) is 18.5 Å². The van der Waals surface area contributed by atoms with Gasteiger partial charge in [0.25, 0.3) is 5.91 Å². The van der Waals surface area contributed by atoms with Gasteiger partial charge in [-0.05, 0) is 50.1 Å². The van der Waals surface area contributed by atoms with Gasteiger partial charge in [0.15, 0.2) is 0 Å². The summed E-state index contributed by atoms with van der Waals surface area (Å²) in [6.45, 7) is 7.82. The Bertz CT molecular complexity index is 837. The summed E-state index contributed by atoms with van der Waals surface area (Å²) in [6, 6.07) is 15.2.